The van der Waals surface area contributed by atoms with Gasteiger partial charge in [0.2, 0.25) is 5.91 Å². The summed E-state index contributed by atoms with van der Waals surface area (Å²) in [6.07, 6.45) is 0.710. The van der Waals surface area contributed by atoms with Gasteiger partial charge < -0.3 is 11.1 Å². The third-order valence-corrected chi connectivity index (χ3v) is 2.68. The fourth-order valence-electron chi connectivity index (χ4n) is 1.50. The van der Waals surface area contributed by atoms with Gasteiger partial charge in [0.25, 0.3) is 0 Å². The summed E-state index contributed by atoms with van der Waals surface area (Å²) in [5, 5.41) is 2.74. The number of nitrogens with one attached hydrogen (secondary N) is 1. The summed E-state index contributed by atoms with van der Waals surface area (Å²) in [5.41, 5.74) is 7.16. The Morgan fingerprint density at radius 1 is 1.22 bits per heavy atom. The number of benzene rings is 1. The van der Waals surface area contributed by atoms with E-state index in [9.17, 15) is 9.59 Å². The fourth-order valence-corrected chi connectivity index (χ4v) is 1.50. The van der Waals surface area contributed by atoms with Crippen LogP contribution in [-0.2, 0) is 16.0 Å². The molecule has 98 valence electrons. The number of nitrogens with two attached hydrogens (primary N) is 1. The van der Waals surface area contributed by atoms with Gasteiger partial charge in [-0.1, -0.05) is 26.0 Å². The lowest BCUT2D eigenvalue weighted by Crippen LogP contribution is -2.28. The van der Waals surface area contributed by atoms with Crippen LogP contribution >= 0.6 is 0 Å². The Labute approximate surface area is 108 Å². The molecule has 0 radical (unpaired) electrons. The van der Waals surface area contributed by atoms with Crippen molar-refractivity contribution in [2.75, 3.05) is 12.3 Å². The van der Waals surface area contributed by atoms with Crippen molar-refractivity contribution in [3.63, 3.8) is 0 Å². The lowest BCUT2D eigenvalue weighted by molar-refractivity contribution is -0.122. The highest BCUT2D eigenvalue weighted by Gasteiger charge is 2.08. The van der Waals surface area contributed by atoms with Gasteiger partial charge >= 0.3 is 0 Å². The van der Waals surface area contributed by atoms with Crippen LogP contribution in [0.1, 0.15) is 25.8 Å². The van der Waals surface area contributed by atoms with Crippen molar-refractivity contribution in [1.82, 2.24) is 5.32 Å². The Morgan fingerprint density at radius 2 is 1.83 bits per heavy atom. The van der Waals surface area contributed by atoms with Crippen LogP contribution in [0.4, 0.5) is 5.69 Å². The van der Waals surface area contributed by atoms with Crippen molar-refractivity contribution in [3.05, 3.63) is 29.8 Å². The molecule has 4 heteroatoms. The minimum Gasteiger partial charge on any atom is -0.399 e. The van der Waals surface area contributed by atoms with E-state index in [1.807, 2.05) is 26.0 Å². The summed E-state index contributed by atoms with van der Waals surface area (Å²) in [7, 11) is 0. The maximum Gasteiger partial charge on any atom is 0.224 e. The van der Waals surface area contributed by atoms with Gasteiger partial charge in [0, 0.05) is 24.6 Å². The van der Waals surface area contributed by atoms with Gasteiger partial charge in [-0.2, -0.15) is 0 Å². The van der Waals surface area contributed by atoms with E-state index in [2.05, 4.69) is 5.32 Å². The molecule has 0 saturated heterocycles. The van der Waals surface area contributed by atoms with Crippen molar-refractivity contribution < 1.29 is 9.59 Å². The fraction of sp³-hybridized carbons (Fsp3) is 0.429. The summed E-state index contributed by atoms with van der Waals surface area (Å²) in [4.78, 5) is 22.9. The summed E-state index contributed by atoms with van der Waals surface area (Å²) in [5.74, 6) is 0.123. The molecule has 18 heavy (non-hydrogen) atoms. The van der Waals surface area contributed by atoms with E-state index < -0.39 is 0 Å². The topological polar surface area (TPSA) is 72.2 Å². The zero-order chi connectivity index (χ0) is 13.5. The maximum absolute atomic E-state index is 11.6. The second-order valence-corrected chi connectivity index (χ2v) is 4.64. The van der Waals surface area contributed by atoms with E-state index in [1.54, 1.807) is 12.1 Å². The molecule has 0 unspecified atom stereocenters. The normalized spacial score (nSPS) is 10.4. The molecule has 0 aliphatic heterocycles. The van der Waals surface area contributed by atoms with Gasteiger partial charge in [0.1, 0.15) is 5.78 Å². The molecule has 0 atom stereocenters. The molecular formula is C14H20N2O2. The quantitative estimate of drug-likeness (QED) is 0.750. The minimum absolute atomic E-state index is 0.0269. The summed E-state index contributed by atoms with van der Waals surface area (Å²) >= 11 is 0. The van der Waals surface area contributed by atoms with Crippen LogP contribution in [0, 0.1) is 5.92 Å². The van der Waals surface area contributed by atoms with Gasteiger partial charge in [-0.05, 0) is 17.7 Å². The average molecular weight is 248 g/mol. The summed E-state index contributed by atoms with van der Waals surface area (Å²) in [6.45, 7) is 4.13. The van der Waals surface area contributed by atoms with Crippen molar-refractivity contribution in [1.29, 1.82) is 0 Å². The third kappa shape index (κ3) is 4.99. The molecule has 1 rings (SSSR count). The van der Waals surface area contributed by atoms with Crippen LogP contribution in [-0.4, -0.2) is 18.2 Å². The first-order chi connectivity index (χ1) is 8.49. The Morgan fingerprint density at radius 3 is 2.39 bits per heavy atom. The van der Waals surface area contributed by atoms with Crippen LogP contribution in [0.15, 0.2) is 24.3 Å². The van der Waals surface area contributed by atoms with Crippen molar-refractivity contribution in [2.45, 2.75) is 26.7 Å². The maximum atomic E-state index is 11.6. The summed E-state index contributed by atoms with van der Waals surface area (Å²) in [6, 6.07) is 7.19. The number of rotatable bonds is 6. The number of Topliss-reactive ketones (excluding diaryl/α,β-unsaturated/α-hetero) is 1. The van der Waals surface area contributed by atoms with Gasteiger partial charge in [-0.15, -0.1) is 0 Å². The lowest BCUT2D eigenvalue weighted by Gasteiger charge is -2.06. The first kappa shape index (κ1) is 14.2. The van der Waals surface area contributed by atoms with Gasteiger partial charge in [-0.25, -0.2) is 0 Å². The number of carbonyl (C=O) groups is 2. The minimum atomic E-state index is -0.0728. The number of hydrogen-bond acceptors (Lipinski definition) is 3. The Hall–Kier alpha value is -1.84. The molecule has 1 amide bonds. The van der Waals surface area contributed by atoms with E-state index in [-0.39, 0.29) is 17.6 Å². The molecule has 0 bridgehead atoms. The number of anilines is 1. The van der Waals surface area contributed by atoms with Gasteiger partial charge in [0.15, 0.2) is 0 Å². The zero-order valence-corrected chi connectivity index (χ0v) is 10.9. The van der Waals surface area contributed by atoms with Crippen LogP contribution in [0.25, 0.3) is 0 Å². The zero-order valence-electron chi connectivity index (χ0n) is 10.9. The van der Waals surface area contributed by atoms with Crippen molar-refractivity contribution in [2.24, 2.45) is 5.92 Å². The third-order valence-electron chi connectivity index (χ3n) is 2.68. The van der Waals surface area contributed by atoms with Gasteiger partial charge in [-0.3, -0.25) is 9.59 Å². The Balaban J connectivity index is 2.30. The second-order valence-electron chi connectivity index (χ2n) is 4.64. The van der Waals surface area contributed by atoms with E-state index >= 15 is 0 Å². The van der Waals surface area contributed by atoms with E-state index in [0.717, 1.165) is 5.56 Å². The lowest BCUT2D eigenvalue weighted by atomic mass is 10.1. The SMILES string of the molecule is CC(C)C(=O)CCNC(=O)Cc1ccc(N)cc1. The molecule has 0 aliphatic rings. The number of hydrogen-bond donors (Lipinski definition) is 2. The highest BCUT2D eigenvalue weighted by molar-refractivity contribution is 5.82. The standard InChI is InChI=1S/C14H20N2O2/c1-10(2)13(17)7-8-16-14(18)9-11-3-5-12(15)6-4-11/h3-6,10H,7-9,15H2,1-2H3,(H,16,18). The molecule has 3 N–H and O–H groups in total. The van der Waals surface area contributed by atoms with Crippen LogP contribution in [0.5, 0.6) is 0 Å². The smallest absolute Gasteiger partial charge is 0.224 e. The Bertz CT molecular complexity index is 410. The van der Waals surface area contributed by atoms with Crippen molar-refractivity contribution >= 4 is 17.4 Å². The average Bonchev–Trinajstić information content (AvgIpc) is 2.32. The van der Waals surface area contributed by atoms with Crippen LogP contribution < -0.4 is 11.1 Å². The first-order valence-electron chi connectivity index (χ1n) is 6.13. The van der Waals surface area contributed by atoms with E-state index in [1.165, 1.54) is 0 Å². The molecule has 1 aromatic carbocycles. The summed E-state index contributed by atoms with van der Waals surface area (Å²) < 4.78 is 0. The second kappa shape index (κ2) is 6.79. The molecule has 1 aromatic rings. The van der Waals surface area contributed by atoms with E-state index in [4.69, 9.17) is 5.73 Å². The number of amides is 1. The highest BCUT2D eigenvalue weighted by atomic mass is 16.1. The highest BCUT2D eigenvalue weighted by Crippen LogP contribution is 2.06. The monoisotopic (exact) mass is 248 g/mol. The molecule has 4 nitrogen and oxygen atoms in total. The molecule has 0 aliphatic carbocycles. The van der Waals surface area contributed by atoms with Crippen LogP contribution in [0.2, 0.25) is 0 Å². The predicted molar refractivity (Wildman–Crippen MR) is 72.0 cm³/mol. The molecular weight excluding hydrogens is 228 g/mol. The molecule has 0 heterocycles. The molecule has 0 fully saturated rings. The Kier molecular flexibility index (Phi) is 5.36. The number of nitrogen functional groups attached to an aromatic ring is 1. The molecule has 0 spiro atoms. The van der Waals surface area contributed by atoms with Gasteiger partial charge in [0.05, 0.1) is 6.42 Å². The largest absolute Gasteiger partial charge is 0.399 e. The molecule has 0 saturated carbocycles. The number of carbonyl (C=O) groups excluding carboxylic acids is 2. The molecule has 0 aromatic heterocycles. The van der Waals surface area contributed by atoms with Crippen molar-refractivity contribution in [3.8, 4) is 0 Å². The predicted octanol–water partition coefficient (Wildman–Crippen LogP) is 1.54. The van der Waals surface area contributed by atoms with Crippen LogP contribution in [0.3, 0.4) is 0 Å². The van der Waals surface area contributed by atoms with E-state index in [0.29, 0.717) is 25.1 Å². The first-order valence-corrected chi connectivity index (χ1v) is 6.13. The number of ketones is 1.